The van der Waals surface area contributed by atoms with E-state index in [2.05, 4.69) is 9.98 Å². The van der Waals surface area contributed by atoms with Gasteiger partial charge in [-0.3, -0.25) is 9.79 Å². The standard InChI is InChI=1S/C19H22F3N3O2/c1-2-12-10-16(23)25-17(24-9-3-4-18(26)27)11-15(12)13-5-7-14(8-6-13)19(20,21)22/h5-8,11-12H,2-4,9-10H2,1H3,(H,26,27)(H2,23,24,25). The average Bonchev–Trinajstić information content (AvgIpc) is 2.76. The second-order valence-electron chi connectivity index (χ2n) is 6.32. The van der Waals surface area contributed by atoms with Crippen LogP contribution in [0.5, 0.6) is 0 Å². The van der Waals surface area contributed by atoms with Gasteiger partial charge in [0.1, 0.15) is 11.7 Å². The van der Waals surface area contributed by atoms with Crippen LogP contribution >= 0.6 is 0 Å². The van der Waals surface area contributed by atoms with E-state index in [9.17, 15) is 18.0 Å². The van der Waals surface area contributed by atoms with Crippen molar-refractivity contribution in [3.05, 3.63) is 41.5 Å². The molecule has 1 atom stereocenters. The molecule has 0 amide bonds. The van der Waals surface area contributed by atoms with Crippen molar-refractivity contribution in [2.45, 2.75) is 38.8 Å². The Morgan fingerprint density at radius 1 is 1.33 bits per heavy atom. The summed E-state index contributed by atoms with van der Waals surface area (Å²) in [6.45, 7) is 2.26. The second kappa shape index (κ2) is 8.83. The number of nitrogens with two attached hydrogens (primary N) is 1. The molecule has 0 aliphatic carbocycles. The Bertz CT molecular complexity index is 765. The summed E-state index contributed by atoms with van der Waals surface area (Å²) in [5.41, 5.74) is 6.75. The van der Waals surface area contributed by atoms with Gasteiger partial charge in [0.05, 0.1) is 5.56 Å². The number of aliphatic imine (C=N–C) groups is 2. The second-order valence-corrected chi connectivity index (χ2v) is 6.32. The Hall–Kier alpha value is -2.64. The number of amidine groups is 2. The number of rotatable bonds is 6. The van der Waals surface area contributed by atoms with E-state index in [1.807, 2.05) is 6.92 Å². The molecule has 2 rings (SSSR count). The van der Waals surface area contributed by atoms with Gasteiger partial charge < -0.3 is 10.8 Å². The van der Waals surface area contributed by atoms with Crippen LogP contribution in [0.4, 0.5) is 13.2 Å². The predicted octanol–water partition coefficient (Wildman–Crippen LogP) is 4.14. The molecule has 0 bridgehead atoms. The molecule has 8 heteroatoms. The maximum absolute atomic E-state index is 12.8. The van der Waals surface area contributed by atoms with E-state index in [1.165, 1.54) is 12.1 Å². The summed E-state index contributed by atoms with van der Waals surface area (Å²) >= 11 is 0. The van der Waals surface area contributed by atoms with Crippen molar-refractivity contribution in [2.75, 3.05) is 6.54 Å². The fourth-order valence-electron chi connectivity index (χ4n) is 2.88. The highest BCUT2D eigenvalue weighted by Crippen LogP contribution is 2.34. The summed E-state index contributed by atoms with van der Waals surface area (Å²) in [7, 11) is 0. The fraction of sp³-hybridized carbons (Fsp3) is 0.421. The van der Waals surface area contributed by atoms with Crippen molar-refractivity contribution >= 4 is 23.2 Å². The van der Waals surface area contributed by atoms with Crippen LogP contribution in [-0.2, 0) is 11.0 Å². The molecule has 0 fully saturated rings. The Morgan fingerprint density at radius 3 is 2.56 bits per heavy atom. The molecule has 1 aliphatic rings. The number of carboxylic acids is 1. The Labute approximate surface area is 155 Å². The van der Waals surface area contributed by atoms with Crippen LogP contribution in [0.3, 0.4) is 0 Å². The summed E-state index contributed by atoms with van der Waals surface area (Å²) in [6.07, 6.45) is -1.05. The maximum Gasteiger partial charge on any atom is 0.416 e. The number of benzene rings is 1. The van der Waals surface area contributed by atoms with Crippen LogP contribution in [0.1, 0.15) is 43.7 Å². The summed E-state index contributed by atoms with van der Waals surface area (Å²) in [5.74, 6) is -0.121. The van der Waals surface area contributed by atoms with E-state index in [1.54, 1.807) is 6.08 Å². The van der Waals surface area contributed by atoms with Crippen LogP contribution in [-0.4, -0.2) is 29.3 Å². The van der Waals surface area contributed by atoms with Crippen molar-refractivity contribution in [1.29, 1.82) is 0 Å². The quantitative estimate of drug-likeness (QED) is 0.726. The topological polar surface area (TPSA) is 88.0 Å². The molecule has 5 nitrogen and oxygen atoms in total. The normalized spacial score (nSPS) is 19.4. The van der Waals surface area contributed by atoms with E-state index < -0.39 is 17.7 Å². The molecule has 1 aliphatic heterocycles. The molecule has 1 aromatic rings. The molecule has 1 heterocycles. The lowest BCUT2D eigenvalue weighted by molar-refractivity contribution is -0.138. The van der Waals surface area contributed by atoms with Gasteiger partial charge in [0, 0.05) is 19.4 Å². The molecular weight excluding hydrogens is 359 g/mol. The lowest BCUT2D eigenvalue weighted by Gasteiger charge is -2.18. The van der Waals surface area contributed by atoms with Crippen molar-refractivity contribution in [3.63, 3.8) is 0 Å². The third kappa shape index (κ3) is 5.94. The van der Waals surface area contributed by atoms with Gasteiger partial charge in [0.25, 0.3) is 0 Å². The molecule has 3 N–H and O–H groups in total. The van der Waals surface area contributed by atoms with Gasteiger partial charge in [-0.25, -0.2) is 4.99 Å². The van der Waals surface area contributed by atoms with Crippen LogP contribution in [0.15, 0.2) is 40.3 Å². The zero-order valence-corrected chi connectivity index (χ0v) is 15.0. The van der Waals surface area contributed by atoms with Crippen LogP contribution in [0.2, 0.25) is 0 Å². The zero-order valence-electron chi connectivity index (χ0n) is 15.0. The third-order valence-corrected chi connectivity index (χ3v) is 4.30. The molecule has 1 aromatic carbocycles. The number of carbonyl (C=O) groups is 1. The molecule has 0 radical (unpaired) electrons. The number of halogens is 3. The van der Waals surface area contributed by atoms with Crippen molar-refractivity contribution in [1.82, 2.24) is 0 Å². The Kier molecular flexibility index (Phi) is 6.76. The number of carboxylic acid groups (broad SMARTS) is 1. The number of allylic oxidation sites excluding steroid dienone is 1. The number of alkyl halides is 3. The summed E-state index contributed by atoms with van der Waals surface area (Å²) < 4.78 is 38.4. The van der Waals surface area contributed by atoms with Crippen molar-refractivity contribution in [3.8, 4) is 0 Å². The predicted molar refractivity (Wildman–Crippen MR) is 98.6 cm³/mol. The fourth-order valence-corrected chi connectivity index (χ4v) is 2.88. The van der Waals surface area contributed by atoms with E-state index in [0.717, 1.165) is 24.1 Å². The molecule has 27 heavy (non-hydrogen) atoms. The third-order valence-electron chi connectivity index (χ3n) is 4.30. The van der Waals surface area contributed by atoms with E-state index in [-0.39, 0.29) is 18.9 Å². The minimum absolute atomic E-state index is 0.00301. The number of hydrogen-bond donors (Lipinski definition) is 2. The molecular formula is C19H22F3N3O2. The van der Waals surface area contributed by atoms with Gasteiger partial charge in [-0.2, -0.15) is 13.2 Å². The number of hydrogen-bond acceptors (Lipinski definition) is 3. The van der Waals surface area contributed by atoms with Crippen LogP contribution in [0, 0.1) is 5.92 Å². The zero-order chi connectivity index (χ0) is 20.0. The van der Waals surface area contributed by atoms with Crippen molar-refractivity contribution in [2.24, 2.45) is 21.6 Å². The van der Waals surface area contributed by atoms with Gasteiger partial charge in [0.15, 0.2) is 0 Å². The van der Waals surface area contributed by atoms with Gasteiger partial charge in [-0.15, -0.1) is 0 Å². The minimum atomic E-state index is -4.38. The first kappa shape index (κ1) is 20.7. The van der Waals surface area contributed by atoms with Gasteiger partial charge in [-0.05, 0) is 48.1 Å². The van der Waals surface area contributed by atoms with Crippen LogP contribution < -0.4 is 5.73 Å². The van der Waals surface area contributed by atoms with E-state index in [0.29, 0.717) is 30.1 Å². The van der Waals surface area contributed by atoms with E-state index in [4.69, 9.17) is 10.8 Å². The highest BCUT2D eigenvalue weighted by atomic mass is 19.4. The maximum atomic E-state index is 12.8. The monoisotopic (exact) mass is 381 g/mol. The average molecular weight is 381 g/mol. The Morgan fingerprint density at radius 2 is 2.00 bits per heavy atom. The molecule has 146 valence electrons. The first-order valence-corrected chi connectivity index (χ1v) is 8.69. The molecule has 0 saturated carbocycles. The first-order valence-electron chi connectivity index (χ1n) is 8.69. The van der Waals surface area contributed by atoms with Crippen molar-refractivity contribution < 1.29 is 23.1 Å². The summed E-state index contributed by atoms with van der Waals surface area (Å²) in [5, 5.41) is 8.69. The SMILES string of the molecule is CCC1CC(N)=NC(=NCCCC(=O)O)C=C1c1ccc(C(F)(F)F)cc1. The Balaban J connectivity index is 2.32. The van der Waals surface area contributed by atoms with Gasteiger partial charge in [-0.1, -0.05) is 19.1 Å². The first-order chi connectivity index (χ1) is 12.7. The highest BCUT2D eigenvalue weighted by molar-refractivity contribution is 6.08. The number of aliphatic carboxylic acids is 1. The minimum Gasteiger partial charge on any atom is -0.481 e. The lowest BCUT2D eigenvalue weighted by atomic mass is 9.87. The molecule has 0 spiro atoms. The number of nitrogens with zero attached hydrogens (tertiary/aromatic N) is 2. The molecule has 0 aromatic heterocycles. The molecule has 0 saturated heterocycles. The van der Waals surface area contributed by atoms with Crippen LogP contribution in [0.25, 0.3) is 5.57 Å². The highest BCUT2D eigenvalue weighted by Gasteiger charge is 2.30. The van der Waals surface area contributed by atoms with E-state index >= 15 is 0 Å². The van der Waals surface area contributed by atoms with Gasteiger partial charge in [0.2, 0.25) is 0 Å². The smallest absolute Gasteiger partial charge is 0.416 e. The summed E-state index contributed by atoms with van der Waals surface area (Å²) in [6, 6.07) is 5.01. The molecule has 1 unspecified atom stereocenters. The summed E-state index contributed by atoms with van der Waals surface area (Å²) in [4.78, 5) is 19.1. The lowest BCUT2D eigenvalue weighted by Crippen LogP contribution is -2.17. The van der Waals surface area contributed by atoms with Gasteiger partial charge >= 0.3 is 12.1 Å². The largest absolute Gasteiger partial charge is 0.481 e.